The molecule has 1 heterocycles. The van der Waals surface area contributed by atoms with Gasteiger partial charge in [0.25, 0.3) is 5.91 Å². The van der Waals surface area contributed by atoms with Crippen molar-refractivity contribution < 1.29 is 9.63 Å². The van der Waals surface area contributed by atoms with Crippen LogP contribution in [0.15, 0.2) is 22.3 Å². The van der Waals surface area contributed by atoms with Gasteiger partial charge in [0, 0.05) is 11.8 Å². The van der Waals surface area contributed by atoms with Crippen molar-refractivity contribution in [1.29, 1.82) is 0 Å². The Morgan fingerprint density at radius 3 is 3.21 bits per heavy atom. The molecule has 1 fully saturated rings. The van der Waals surface area contributed by atoms with Crippen molar-refractivity contribution in [2.75, 3.05) is 7.11 Å². The molecule has 1 saturated carbocycles. The maximum atomic E-state index is 11.0. The number of hydrogen-bond acceptors (Lipinski definition) is 3. The van der Waals surface area contributed by atoms with Crippen LogP contribution in [0.5, 0.6) is 0 Å². The van der Waals surface area contributed by atoms with Crippen molar-refractivity contribution in [1.82, 2.24) is 0 Å². The lowest BCUT2D eigenvalue weighted by molar-refractivity contribution is -0.113. The summed E-state index contributed by atoms with van der Waals surface area (Å²) in [7, 11) is 1.54. The first kappa shape index (κ1) is 9.12. The monoisotopic (exact) mass is 192 g/mol. The van der Waals surface area contributed by atoms with Gasteiger partial charge < -0.3 is 4.84 Å². The van der Waals surface area contributed by atoms with Crippen LogP contribution in [0.2, 0.25) is 0 Å². The fraction of sp³-hybridized carbons (Fsp3) is 0.500. The Labute approximate surface area is 82.3 Å². The molecule has 0 aromatic rings. The topological polar surface area (TPSA) is 51.0 Å². The number of amides is 1. The van der Waals surface area contributed by atoms with Crippen molar-refractivity contribution in [3.05, 3.63) is 12.2 Å². The van der Waals surface area contributed by atoms with Crippen molar-refractivity contribution >= 4 is 17.3 Å². The average molecular weight is 192 g/mol. The molecule has 2 aliphatic rings. The minimum absolute atomic E-state index is 0.0985. The predicted molar refractivity (Wildman–Crippen MR) is 53.4 cm³/mol. The highest BCUT2D eigenvalue weighted by Crippen LogP contribution is 2.23. The minimum Gasteiger partial charge on any atom is -0.399 e. The summed E-state index contributed by atoms with van der Waals surface area (Å²) >= 11 is 0. The van der Waals surface area contributed by atoms with E-state index in [1.807, 2.05) is 6.08 Å². The van der Waals surface area contributed by atoms with Gasteiger partial charge in [0.15, 0.2) is 0 Å². The lowest BCUT2D eigenvalue weighted by atomic mass is 9.84. The summed E-state index contributed by atoms with van der Waals surface area (Å²) < 4.78 is 0. The SMILES string of the molecule is CO/N=C1/CCCC2=NC(=O)C=CC21. The minimum atomic E-state index is -0.157. The molecule has 1 atom stereocenters. The van der Waals surface area contributed by atoms with Crippen LogP contribution in [-0.2, 0) is 9.63 Å². The number of carbonyl (C=O) groups is 1. The Morgan fingerprint density at radius 1 is 1.57 bits per heavy atom. The quantitative estimate of drug-likeness (QED) is 0.588. The molecule has 0 aromatic heterocycles. The number of aliphatic imine (C=N–C) groups is 1. The van der Waals surface area contributed by atoms with Crippen molar-refractivity contribution in [2.45, 2.75) is 19.3 Å². The van der Waals surface area contributed by atoms with Crippen molar-refractivity contribution in [2.24, 2.45) is 16.1 Å². The van der Waals surface area contributed by atoms with E-state index < -0.39 is 0 Å². The van der Waals surface area contributed by atoms with E-state index in [9.17, 15) is 4.79 Å². The molecule has 1 aliphatic heterocycles. The van der Waals surface area contributed by atoms with Gasteiger partial charge >= 0.3 is 0 Å². The molecule has 0 aromatic carbocycles. The zero-order chi connectivity index (χ0) is 9.97. The first-order chi connectivity index (χ1) is 6.81. The van der Waals surface area contributed by atoms with E-state index in [1.165, 1.54) is 13.2 Å². The average Bonchev–Trinajstić information content (AvgIpc) is 2.18. The lowest BCUT2D eigenvalue weighted by Crippen LogP contribution is -2.30. The maximum absolute atomic E-state index is 11.0. The van der Waals surface area contributed by atoms with Gasteiger partial charge in [-0.05, 0) is 19.3 Å². The van der Waals surface area contributed by atoms with Crippen LogP contribution in [0.4, 0.5) is 0 Å². The second kappa shape index (κ2) is 3.74. The van der Waals surface area contributed by atoms with E-state index in [-0.39, 0.29) is 11.8 Å². The number of fused-ring (bicyclic) bond motifs is 1. The summed E-state index contributed by atoms with van der Waals surface area (Å²) in [6.07, 6.45) is 6.19. The molecular weight excluding hydrogens is 180 g/mol. The van der Waals surface area contributed by atoms with Crippen LogP contribution >= 0.6 is 0 Å². The van der Waals surface area contributed by atoms with E-state index in [0.717, 1.165) is 30.7 Å². The highest BCUT2D eigenvalue weighted by Gasteiger charge is 2.27. The highest BCUT2D eigenvalue weighted by atomic mass is 16.6. The van der Waals surface area contributed by atoms with Gasteiger partial charge in [-0.3, -0.25) is 4.79 Å². The molecule has 14 heavy (non-hydrogen) atoms. The Bertz CT molecular complexity index is 342. The summed E-state index contributed by atoms with van der Waals surface area (Å²) in [6.45, 7) is 0. The molecule has 74 valence electrons. The summed E-state index contributed by atoms with van der Waals surface area (Å²) in [6, 6.07) is 0. The first-order valence-corrected chi connectivity index (χ1v) is 4.71. The third-order valence-corrected chi connectivity index (χ3v) is 2.48. The second-order valence-corrected chi connectivity index (χ2v) is 3.40. The normalized spacial score (nSPS) is 28.6. The number of allylic oxidation sites excluding steroid dienone is 1. The van der Waals surface area contributed by atoms with Gasteiger partial charge in [-0.2, -0.15) is 0 Å². The zero-order valence-electron chi connectivity index (χ0n) is 8.06. The molecule has 4 heteroatoms. The Hall–Kier alpha value is -1.45. The van der Waals surface area contributed by atoms with Gasteiger partial charge in [0.05, 0.1) is 11.6 Å². The highest BCUT2D eigenvalue weighted by molar-refractivity contribution is 6.16. The largest absolute Gasteiger partial charge is 0.399 e. The molecule has 0 saturated heterocycles. The number of nitrogens with zero attached hydrogens (tertiary/aromatic N) is 2. The molecule has 4 nitrogen and oxygen atoms in total. The van der Waals surface area contributed by atoms with E-state index in [1.54, 1.807) is 0 Å². The van der Waals surface area contributed by atoms with Crippen LogP contribution < -0.4 is 0 Å². The van der Waals surface area contributed by atoms with Gasteiger partial charge in [-0.1, -0.05) is 11.2 Å². The van der Waals surface area contributed by atoms with Crippen LogP contribution in [0.1, 0.15) is 19.3 Å². The number of rotatable bonds is 1. The summed E-state index contributed by atoms with van der Waals surface area (Å²) in [5.74, 6) is -0.0590. The maximum Gasteiger partial charge on any atom is 0.269 e. The standard InChI is InChI=1S/C10H12N2O2/c1-14-12-9-4-2-3-8-7(9)5-6-10(13)11-8/h5-7H,2-4H2,1H3/b12-9-. The molecule has 2 rings (SSSR count). The first-order valence-electron chi connectivity index (χ1n) is 4.71. The van der Waals surface area contributed by atoms with Crippen LogP contribution in [0, 0.1) is 5.92 Å². The molecule has 1 unspecified atom stereocenters. The number of oxime groups is 1. The molecule has 0 spiro atoms. The predicted octanol–water partition coefficient (Wildman–Crippen LogP) is 1.33. The van der Waals surface area contributed by atoms with Gasteiger partial charge in [0.1, 0.15) is 7.11 Å². The van der Waals surface area contributed by atoms with Crippen LogP contribution in [0.3, 0.4) is 0 Å². The summed E-state index contributed by atoms with van der Waals surface area (Å²) in [5.41, 5.74) is 1.90. The summed E-state index contributed by atoms with van der Waals surface area (Å²) in [4.78, 5) is 19.8. The van der Waals surface area contributed by atoms with Gasteiger partial charge in [-0.15, -0.1) is 0 Å². The number of carbonyl (C=O) groups excluding carboxylic acids is 1. The molecule has 0 N–H and O–H groups in total. The van der Waals surface area contributed by atoms with Crippen LogP contribution in [-0.4, -0.2) is 24.4 Å². The number of hydrogen-bond donors (Lipinski definition) is 0. The van der Waals surface area contributed by atoms with E-state index in [0.29, 0.717) is 0 Å². The molecule has 1 amide bonds. The molecular formula is C10H12N2O2. The smallest absolute Gasteiger partial charge is 0.269 e. The fourth-order valence-electron chi connectivity index (χ4n) is 1.88. The van der Waals surface area contributed by atoms with Gasteiger partial charge in [0.2, 0.25) is 0 Å². The Kier molecular flexibility index (Phi) is 2.43. The van der Waals surface area contributed by atoms with Crippen molar-refractivity contribution in [3.8, 4) is 0 Å². The zero-order valence-corrected chi connectivity index (χ0v) is 8.06. The van der Waals surface area contributed by atoms with E-state index >= 15 is 0 Å². The van der Waals surface area contributed by atoms with Gasteiger partial charge in [-0.25, -0.2) is 4.99 Å². The molecule has 0 bridgehead atoms. The fourth-order valence-corrected chi connectivity index (χ4v) is 1.88. The Morgan fingerprint density at radius 2 is 2.43 bits per heavy atom. The van der Waals surface area contributed by atoms with E-state index in [2.05, 4.69) is 10.1 Å². The second-order valence-electron chi connectivity index (χ2n) is 3.40. The summed E-state index contributed by atoms with van der Waals surface area (Å²) in [5, 5.41) is 3.97. The lowest BCUT2D eigenvalue weighted by Gasteiger charge is -2.24. The third kappa shape index (κ3) is 1.60. The van der Waals surface area contributed by atoms with Crippen LogP contribution in [0.25, 0.3) is 0 Å². The third-order valence-electron chi connectivity index (χ3n) is 2.48. The Balaban J connectivity index is 2.27. The molecule has 0 radical (unpaired) electrons. The van der Waals surface area contributed by atoms with E-state index in [4.69, 9.17) is 4.84 Å². The number of dihydropyridines is 1. The molecule has 1 aliphatic carbocycles. The van der Waals surface area contributed by atoms with Crippen molar-refractivity contribution in [3.63, 3.8) is 0 Å².